The number of carbonyl (C=O) groups excluding carboxylic acids is 1. The molecule has 5 rings (SSSR count). The Bertz CT molecular complexity index is 1610. The largest absolute Gasteiger partial charge is 0.508 e. The standard InChI is InChI=1S/C27H22BrN5O2S2/c1-15(2)21-10-9-20-24(32-21)29-14-30-25(20)33-22-13-23(26(35)31-17-6-3-5-16(28)11-17)37-27(22)36-19-8-4-7-18(34)12-19/h3-15,34H,1-2H3,(H,31,35)(H,29,30,32,33). The van der Waals surface area contributed by atoms with Gasteiger partial charge in [0, 0.05) is 20.7 Å². The summed E-state index contributed by atoms with van der Waals surface area (Å²) >= 11 is 6.25. The Morgan fingerprint density at radius 3 is 2.68 bits per heavy atom. The molecule has 0 aliphatic rings. The minimum atomic E-state index is -0.218. The van der Waals surface area contributed by atoms with Crippen molar-refractivity contribution >= 4 is 73.2 Å². The van der Waals surface area contributed by atoms with Crippen LogP contribution in [0.5, 0.6) is 5.75 Å². The van der Waals surface area contributed by atoms with E-state index in [0.717, 1.165) is 30.3 Å². The molecule has 0 aliphatic heterocycles. The summed E-state index contributed by atoms with van der Waals surface area (Å²) in [6, 6.07) is 20.2. The number of hydrogen-bond donors (Lipinski definition) is 3. The number of carbonyl (C=O) groups is 1. The van der Waals surface area contributed by atoms with Gasteiger partial charge in [-0.2, -0.15) is 0 Å². The topological polar surface area (TPSA) is 100 Å². The van der Waals surface area contributed by atoms with Crippen LogP contribution in [0.25, 0.3) is 11.0 Å². The van der Waals surface area contributed by atoms with E-state index in [9.17, 15) is 9.90 Å². The van der Waals surface area contributed by atoms with Crippen molar-refractivity contribution in [1.82, 2.24) is 15.0 Å². The summed E-state index contributed by atoms with van der Waals surface area (Å²) in [4.78, 5) is 28.0. The molecule has 7 nitrogen and oxygen atoms in total. The summed E-state index contributed by atoms with van der Waals surface area (Å²) in [5.74, 6) is 0.841. The SMILES string of the molecule is CC(C)c1ccc2c(Nc3cc(C(=O)Nc4cccc(Br)c4)sc3Sc3cccc(O)c3)ncnc2n1. The van der Waals surface area contributed by atoms with Crippen LogP contribution >= 0.6 is 39.0 Å². The van der Waals surface area contributed by atoms with Crippen LogP contribution in [-0.2, 0) is 0 Å². The number of phenols is 1. The number of pyridine rings is 1. The van der Waals surface area contributed by atoms with Crippen molar-refractivity contribution in [1.29, 1.82) is 0 Å². The number of aromatic hydroxyl groups is 1. The van der Waals surface area contributed by atoms with Gasteiger partial charge in [0.05, 0.1) is 20.2 Å². The molecule has 37 heavy (non-hydrogen) atoms. The predicted molar refractivity (Wildman–Crippen MR) is 153 cm³/mol. The lowest BCUT2D eigenvalue weighted by molar-refractivity contribution is 0.103. The molecule has 3 N–H and O–H groups in total. The Hall–Kier alpha value is -3.47. The van der Waals surface area contributed by atoms with Gasteiger partial charge in [-0.25, -0.2) is 15.0 Å². The summed E-state index contributed by atoms with van der Waals surface area (Å²) < 4.78 is 1.73. The molecule has 0 unspecified atom stereocenters. The smallest absolute Gasteiger partial charge is 0.265 e. The van der Waals surface area contributed by atoms with Crippen molar-refractivity contribution in [2.75, 3.05) is 10.6 Å². The molecule has 0 radical (unpaired) electrons. The third-order valence-corrected chi connectivity index (χ3v) is 8.21. The van der Waals surface area contributed by atoms with Crippen molar-refractivity contribution in [3.8, 4) is 5.75 Å². The van der Waals surface area contributed by atoms with E-state index in [4.69, 9.17) is 0 Å². The van der Waals surface area contributed by atoms with Crippen LogP contribution in [0.1, 0.15) is 35.1 Å². The van der Waals surface area contributed by atoms with Crippen LogP contribution in [-0.4, -0.2) is 26.0 Å². The number of benzene rings is 2. The van der Waals surface area contributed by atoms with E-state index in [0.29, 0.717) is 22.0 Å². The van der Waals surface area contributed by atoms with Gasteiger partial charge >= 0.3 is 0 Å². The number of nitrogens with zero attached hydrogens (tertiary/aromatic N) is 3. The normalized spacial score (nSPS) is 11.1. The third kappa shape index (κ3) is 5.93. The first-order valence-corrected chi connectivity index (χ1v) is 13.8. The van der Waals surface area contributed by atoms with E-state index in [1.165, 1.54) is 29.4 Å². The number of halogens is 1. The number of rotatable bonds is 7. The Kier molecular flexibility index (Phi) is 7.40. The maximum Gasteiger partial charge on any atom is 0.265 e. The number of aromatic nitrogens is 3. The van der Waals surface area contributed by atoms with Crippen molar-refractivity contribution in [3.05, 3.63) is 88.1 Å². The van der Waals surface area contributed by atoms with Crippen LogP contribution in [0.3, 0.4) is 0 Å². The first-order valence-electron chi connectivity index (χ1n) is 11.4. The molecule has 0 spiro atoms. The van der Waals surface area contributed by atoms with E-state index < -0.39 is 0 Å². The third-order valence-electron chi connectivity index (χ3n) is 5.40. The number of phenolic OH excluding ortho intramolecular Hbond substituents is 1. The molecule has 1 amide bonds. The summed E-state index contributed by atoms with van der Waals surface area (Å²) in [6.07, 6.45) is 1.48. The molecule has 186 valence electrons. The van der Waals surface area contributed by atoms with E-state index in [1.807, 2.05) is 48.5 Å². The van der Waals surface area contributed by atoms with Crippen LogP contribution in [0, 0.1) is 0 Å². The lowest BCUT2D eigenvalue weighted by Gasteiger charge is -2.10. The van der Waals surface area contributed by atoms with Gasteiger partial charge in [0.15, 0.2) is 5.65 Å². The number of fused-ring (bicyclic) bond motifs is 1. The summed E-state index contributed by atoms with van der Waals surface area (Å²) in [5, 5.41) is 17.1. The van der Waals surface area contributed by atoms with Crippen molar-refractivity contribution in [2.45, 2.75) is 28.9 Å². The average molecular weight is 593 g/mol. The van der Waals surface area contributed by atoms with E-state index in [2.05, 4.69) is 55.4 Å². The molecule has 2 aromatic carbocycles. The van der Waals surface area contributed by atoms with Crippen LogP contribution in [0.4, 0.5) is 17.2 Å². The summed E-state index contributed by atoms with van der Waals surface area (Å²) in [6.45, 7) is 4.18. The summed E-state index contributed by atoms with van der Waals surface area (Å²) in [5.41, 5.74) is 2.98. The number of thiophene rings is 1. The molecule has 3 aromatic heterocycles. The Balaban J connectivity index is 1.50. The molecule has 10 heteroatoms. The zero-order chi connectivity index (χ0) is 25.9. The Labute approximate surface area is 230 Å². The van der Waals surface area contributed by atoms with Crippen LogP contribution in [0.2, 0.25) is 0 Å². The molecular weight excluding hydrogens is 570 g/mol. The molecule has 0 aliphatic carbocycles. The maximum atomic E-state index is 13.1. The molecule has 5 aromatic rings. The quantitative estimate of drug-likeness (QED) is 0.177. The Morgan fingerprint density at radius 1 is 1.05 bits per heavy atom. The second kappa shape index (κ2) is 10.9. The molecule has 3 heterocycles. The second-order valence-corrected chi connectivity index (χ2v) is 11.8. The van der Waals surface area contributed by atoms with Gasteiger partial charge in [-0.1, -0.05) is 53.7 Å². The number of hydrogen-bond acceptors (Lipinski definition) is 8. The highest BCUT2D eigenvalue weighted by molar-refractivity contribution is 9.10. The van der Waals surface area contributed by atoms with Gasteiger partial charge < -0.3 is 15.7 Å². The molecular formula is C27H22BrN5O2S2. The van der Waals surface area contributed by atoms with Crippen LogP contribution < -0.4 is 10.6 Å². The fourth-order valence-electron chi connectivity index (χ4n) is 3.57. The van der Waals surface area contributed by atoms with Gasteiger partial charge in [-0.3, -0.25) is 4.79 Å². The Morgan fingerprint density at radius 2 is 1.89 bits per heavy atom. The first kappa shape index (κ1) is 25.2. The van der Waals surface area contributed by atoms with Gasteiger partial charge in [-0.15, -0.1) is 11.3 Å². The molecule has 0 atom stereocenters. The lowest BCUT2D eigenvalue weighted by atomic mass is 10.1. The highest BCUT2D eigenvalue weighted by Crippen LogP contribution is 2.42. The molecule has 0 saturated heterocycles. The zero-order valence-corrected chi connectivity index (χ0v) is 23.1. The monoisotopic (exact) mass is 591 g/mol. The zero-order valence-electron chi connectivity index (χ0n) is 19.9. The fraction of sp³-hybridized carbons (Fsp3) is 0.111. The first-order chi connectivity index (χ1) is 17.9. The van der Waals surface area contributed by atoms with Crippen molar-refractivity contribution < 1.29 is 9.90 Å². The van der Waals surface area contributed by atoms with E-state index >= 15 is 0 Å². The van der Waals surface area contributed by atoms with E-state index in [-0.39, 0.29) is 17.6 Å². The minimum Gasteiger partial charge on any atom is -0.508 e. The van der Waals surface area contributed by atoms with Gasteiger partial charge in [0.1, 0.15) is 17.9 Å². The second-order valence-electron chi connectivity index (χ2n) is 8.48. The van der Waals surface area contributed by atoms with Gasteiger partial charge in [0.2, 0.25) is 0 Å². The highest BCUT2D eigenvalue weighted by atomic mass is 79.9. The maximum absolute atomic E-state index is 13.1. The lowest BCUT2D eigenvalue weighted by Crippen LogP contribution is -2.09. The fourth-order valence-corrected chi connectivity index (χ4v) is 6.19. The number of nitrogens with one attached hydrogen (secondary N) is 2. The van der Waals surface area contributed by atoms with Gasteiger partial charge in [0.25, 0.3) is 5.91 Å². The predicted octanol–water partition coefficient (Wildman–Crippen LogP) is 7.82. The van der Waals surface area contributed by atoms with Crippen LogP contribution in [0.15, 0.2) is 86.6 Å². The molecule has 0 bridgehead atoms. The number of anilines is 3. The highest BCUT2D eigenvalue weighted by Gasteiger charge is 2.18. The molecule has 0 saturated carbocycles. The van der Waals surface area contributed by atoms with E-state index in [1.54, 1.807) is 18.2 Å². The molecule has 0 fully saturated rings. The average Bonchev–Trinajstić information content (AvgIpc) is 3.26. The van der Waals surface area contributed by atoms with Crippen molar-refractivity contribution in [3.63, 3.8) is 0 Å². The minimum absolute atomic E-state index is 0.178. The van der Waals surface area contributed by atoms with Crippen molar-refractivity contribution in [2.24, 2.45) is 0 Å². The van der Waals surface area contributed by atoms with Gasteiger partial charge in [-0.05, 0) is 60.5 Å². The number of amides is 1. The summed E-state index contributed by atoms with van der Waals surface area (Å²) in [7, 11) is 0.